The first-order valence-corrected chi connectivity index (χ1v) is 12.3. The van der Waals surface area contributed by atoms with Crippen LogP contribution in [0.1, 0.15) is 17.2 Å². The molecule has 204 valence electrons. The van der Waals surface area contributed by atoms with E-state index in [0.717, 1.165) is 22.9 Å². The number of urea groups is 1. The van der Waals surface area contributed by atoms with Crippen LogP contribution in [0.4, 0.5) is 19.4 Å². The highest BCUT2D eigenvalue weighted by Crippen LogP contribution is 2.32. The highest BCUT2D eigenvalue weighted by molar-refractivity contribution is 5.91. The molecule has 2 atom stereocenters. The molecule has 2 amide bonds. The van der Waals surface area contributed by atoms with Crippen LogP contribution in [0.25, 0.3) is 16.9 Å². The smallest absolute Gasteiger partial charge is 0.320 e. The lowest BCUT2D eigenvalue weighted by Gasteiger charge is -2.19. The third kappa shape index (κ3) is 5.65. The Morgan fingerprint density at radius 3 is 2.72 bits per heavy atom. The molecule has 11 nitrogen and oxygen atoms in total. The topological polar surface area (TPSA) is 111 Å². The van der Waals surface area contributed by atoms with Crippen LogP contribution in [0.5, 0.6) is 0 Å². The number of amides is 2. The summed E-state index contributed by atoms with van der Waals surface area (Å²) in [5.41, 5.74) is 3.27. The summed E-state index contributed by atoms with van der Waals surface area (Å²) in [5, 5.41) is 16.5. The van der Waals surface area contributed by atoms with Crippen LogP contribution in [0, 0.1) is 18.7 Å². The van der Waals surface area contributed by atoms with Gasteiger partial charge in [-0.25, -0.2) is 18.9 Å². The van der Waals surface area contributed by atoms with Gasteiger partial charge in [-0.1, -0.05) is 18.2 Å². The standard InChI is InChI=1S/C26H28F2N8O3/c1-16-22(18-13-30-34(2)14-18)33-36(19-7-5-4-6-8-19)25(16)32-26(37)31-21-15-35(9-10-38-3)39-23(21)17-11-20(27)24(28)29-12-17/h4-8,11-14,21,23H,9-10,15H2,1-3H3,(H2,31,32,37)/t21-,23+/m1/s1. The maximum absolute atomic E-state index is 14.0. The first kappa shape index (κ1) is 26.4. The molecule has 1 fully saturated rings. The molecule has 13 heteroatoms. The number of nitrogens with zero attached hydrogens (tertiary/aromatic N) is 6. The predicted molar refractivity (Wildman–Crippen MR) is 138 cm³/mol. The molecular weight excluding hydrogens is 510 g/mol. The van der Waals surface area contributed by atoms with Crippen LogP contribution in [-0.2, 0) is 16.6 Å². The first-order valence-electron chi connectivity index (χ1n) is 12.3. The monoisotopic (exact) mass is 538 g/mol. The van der Waals surface area contributed by atoms with Crippen LogP contribution in [0.2, 0.25) is 0 Å². The number of ether oxygens (including phenoxy) is 1. The van der Waals surface area contributed by atoms with Crippen LogP contribution in [0.15, 0.2) is 55.0 Å². The highest BCUT2D eigenvalue weighted by Gasteiger charge is 2.37. The van der Waals surface area contributed by atoms with Gasteiger partial charge in [0.2, 0.25) is 5.95 Å². The van der Waals surface area contributed by atoms with E-state index >= 15 is 0 Å². The number of hydrogen-bond acceptors (Lipinski definition) is 7. The van der Waals surface area contributed by atoms with E-state index in [1.54, 1.807) is 27.7 Å². The van der Waals surface area contributed by atoms with Crippen molar-refractivity contribution in [3.8, 4) is 16.9 Å². The van der Waals surface area contributed by atoms with Gasteiger partial charge >= 0.3 is 6.03 Å². The number of methoxy groups -OCH3 is 1. The summed E-state index contributed by atoms with van der Waals surface area (Å²) >= 11 is 0. The molecule has 0 bridgehead atoms. The summed E-state index contributed by atoms with van der Waals surface area (Å²) in [6, 6.07) is 9.32. The number of rotatable bonds is 8. The molecule has 4 heterocycles. The molecule has 5 rings (SSSR count). The number of halogens is 2. The van der Waals surface area contributed by atoms with E-state index < -0.39 is 29.9 Å². The minimum Gasteiger partial charge on any atom is -0.383 e. The van der Waals surface area contributed by atoms with E-state index in [-0.39, 0.29) is 6.54 Å². The van der Waals surface area contributed by atoms with Crippen molar-refractivity contribution in [2.24, 2.45) is 7.05 Å². The van der Waals surface area contributed by atoms with Crippen molar-refractivity contribution in [2.45, 2.75) is 19.1 Å². The van der Waals surface area contributed by atoms with Crippen LogP contribution >= 0.6 is 0 Å². The Morgan fingerprint density at radius 2 is 2.03 bits per heavy atom. The van der Waals surface area contributed by atoms with Crippen molar-refractivity contribution in [2.75, 3.05) is 32.1 Å². The van der Waals surface area contributed by atoms with Crippen molar-refractivity contribution in [1.82, 2.24) is 34.9 Å². The van der Waals surface area contributed by atoms with E-state index in [0.29, 0.717) is 30.2 Å². The summed E-state index contributed by atoms with van der Waals surface area (Å²) in [6.07, 6.45) is 3.96. The summed E-state index contributed by atoms with van der Waals surface area (Å²) in [5.74, 6) is -1.83. The minimum absolute atomic E-state index is 0.290. The Balaban J connectivity index is 1.42. The minimum atomic E-state index is -1.20. The first-order chi connectivity index (χ1) is 18.8. The zero-order valence-electron chi connectivity index (χ0n) is 21.6. The van der Waals surface area contributed by atoms with Crippen LogP contribution in [0.3, 0.4) is 0 Å². The molecule has 2 N–H and O–H groups in total. The molecule has 0 unspecified atom stereocenters. The fourth-order valence-electron chi connectivity index (χ4n) is 4.46. The number of nitrogens with one attached hydrogen (secondary N) is 2. The second-order valence-electron chi connectivity index (χ2n) is 9.13. The zero-order valence-corrected chi connectivity index (χ0v) is 21.6. The molecule has 0 radical (unpaired) electrons. The van der Waals surface area contributed by atoms with Gasteiger partial charge in [0.15, 0.2) is 5.82 Å². The van der Waals surface area contributed by atoms with E-state index in [2.05, 4.69) is 20.7 Å². The maximum atomic E-state index is 14.0. The number of para-hydroxylation sites is 1. The Labute approximate surface area is 223 Å². The molecule has 1 aromatic carbocycles. The molecule has 0 spiro atoms. The zero-order chi connectivity index (χ0) is 27.5. The average Bonchev–Trinajstić information content (AvgIpc) is 3.62. The van der Waals surface area contributed by atoms with Crippen molar-refractivity contribution >= 4 is 11.8 Å². The summed E-state index contributed by atoms with van der Waals surface area (Å²) in [6.45, 7) is 2.95. The van der Waals surface area contributed by atoms with Gasteiger partial charge in [-0.15, -0.1) is 0 Å². The van der Waals surface area contributed by atoms with Crippen molar-refractivity contribution < 1.29 is 23.1 Å². The summed E-state index contributed by atoms with van der Waals surface area (Å²) < 4.78 is 35.9. The number of hydroxylamine groups is 2. The van der Waals surface area contributed by atoms with Gasteiger partial charge in [-0.3, -0.25) is 14.8 Å². The van der Waals surface area contributed by atoms with Crippen LogP contribution in [-0.4, -0.2) is 68.5 Å². The molecule has 4 aromatic rings. The number of anilines is 1. The molecule has 1 aliphatic heterocycles. The van der Waals surface area contributed by atoms with E-state index in [9.17, 15) is 13.6 Å². The Hall–Kier alpha value is -4.20. The number of hydrogen-bond donors (Lipinski definition) is 2. The number of benzene rings is 1. The predicted octanol–water partition coefficient (Wildman–Crippen LogP) is 3.38. The number of aryl methyl sites for hydroxylation is 1. The second kappa shape index (κ2) is 11.3. The molecular formula is C26H28F2N8O3. The third-order valence-electron chi connectivity index (χ3n) is 6.37. The van der Waals surface area contributed by atoms with Gasteiger partial charge in [0.1, 0.15) is 17.6 Å². The van der Waals surface area contributed by atoms with Crippen LogP contribution < -0.4 is 10.6 Å². The Kier molecular flexibility index (Phi) is 7.63. The number of carbonyl (C=O) groups is 1. The molecule has 3 aromatic heterocycles. The molecule has 0 saturated carbocycles. The SMILES string of the molecule is COCCN1C[C@@H](NC(=O)Nc2c(C)c(-c3cnn(C)c3)nn2-c2ccccc2)[C@H](c2cnc(F)c(F)c2)O1. The normalized spacial score (nSPS) is 17.5. The molecule has 1 saturated heterocycles. The van der Waals surface area contributed by atoms with Gasteiger partial charge in [-0.05, 0) is 25.1 Å². The van der Waals surface area contributed by atoms with Gasteiger partial charge in [-0.2, -0.15) is 19.7 Å². The fourth-order valence-corrected chi connectivity index (χ4v) is 4.46. The van der Waals surface area contributed by atoms with Gasteiger partial charge in [0.05, 0.1) is 24.5 Å². The maximum Gasteiger partial charge on any atom is 0.320 e. The second-order valence-corrected chi connectivity index (χ2v) is 9.13. The Morgan fingerprint density at radius 1 is 1.23 bits per heavy atom. The van der Waals surface area contributed by atoms with Crippen molar-refractivity contribution in [1.29, 1.82) is 0 Å². The van der Waals surface area contributed by atoms with Gasteiger partial charge in [0.25, 0.3) is 0 Å². The van der Waals surface area contributed by atoms with E-state index in [1.807, 2.05) is 50.5 Å². The lowest BCUT2D eigenvalue weighted by Crippen LogP contribution is -2.42. The Bertz CT molecular complexity index is 1460. The number of aromatic nitrogens is 5. The number of pyridine rings is 1. The largest absolute Gasteiger partial charge is 0.383 e. The van der Waals surface area contributed by atoms with Gasteiger partial charge < -0.3 is 10.1 Å². The summed E-state index contributed by atoms with van der Waals surface area (Å²) in [7, 11) is 3.38. The average molecular weight is 539 g/mol. The summed E-state index contributed by atoms with van der Waals surface area (Å²) in [4.78, 5) is 22.8. The van der Waals surface area contributed by atoms with Crippen molar-refractivity contribution in [3.63, 3.8) is 0 Å². The highest BCUT2D eigenvalue weighted by atomic mass is 19.2. The van der Waals surface area contributed by atoms with Gasteiger partial charge in [0, 0.05) is 56.3 Å². The quantitative estimate of drug-likeness (QED) is 0.331. The molecule has 39 heavy (non-hydrogen) atoms. The van der Waals surface area contributed by atoms with E-state index in [1.165, 1.54) is 6.20 Å². The number of carbonyl (C=O) groups excluding carboxylic acids is 1. The van der Waals surface area contributed by atoms with Crippen molar-refractivity contribution in [3.05, 3.63) is 77.9 Å². The third-order valence-corrected chi connectivity index (χ3v) is 6.37. The molecule has 1 aliphatic rings. The van der Waals surface area contributed by atoms with E-state index in [4.69, 9.17) is 14.7 Å². The lowest BCUT2D eigenvalue weighted by atomic mass is 10.0. The fraction of sp³-hybridized carbons (Fsp3) is 0.308. The molecule has 0 aliphatic carbocycles. The lowest BCUT2D eigenvalue weighted by molar-refractivity contribution is -0.154.